The maximum Gasteiger partial charge on any atom is 0.214 e. The van der Waals surface area contributed by atoms with Gasteiger partial charge < -0.3 is 5.32 Å². The van der Waals surface area contributed by atoms with Gasteiger partial charge >= 0.3 is 0 Å². The summed E-state index contributed by atoms with van der Waals surface area (Å²) < 4.78 is 12.9. The van der Waals surface area contributed by atoms with Crippen molar-refractivity contribution in [2.45, 2.75) is 25.7 Å². The predicted octanol–water partition coefficient (Wildman–Crippen LogP) is 3.07. The average Bonchev–Trinajstić information content (AvgIpc) is 3.13. The third kappa shape index (κ3) is 2.34. The van der Waals surface area contributed by atoms with E-state index in [0.29, 0.717) is 0 Å². The number of aromatic nitrogens is 1. The summed E-state index contributed by atoms with van der Waals surface area (Å²) in [6.07, 6.45) is 7.10. The fraction of sp³-hybridized carbons (Fsp3) is 0.615. The molecular weight excluding hydrogens is 203 g/mol. The van der Waals surface area contributed by atoms with Crippen molar-refractivity contribution in [3.05, 3.63) is 24.3 Å². The fourth-order valence-corrected chi connectivity index (χ4v) is 2.52. The Kier molecular flexibility index (Phi) is 2.54. The lowest BCUT2D eigenvalue weighted by Gasteiger charge is -2.16. The number of hydrogen-bond donors (Lipinski definition) is 1. The van der Waals surface area contributed by atoms with Gasteiger partial charge in [-0.15, -0.1) is 0 Å². The molecule has 2 aliphatic carbocycles. The molecule has 0 aromatic carbocycles. The number of hydrogen-bond acceptors (Lipinski definition) is 2. The first-order valence-corrected chi connectivity index (χ1v) is 6.18. The van der Waals surface area contributed by atoms with Crippen molar-refractivity contribution in [3.8, 4) is 0 Å². The third-order valence-electron chi connectivity index (χ3n) is 3.72. The molecule has 2 fully saturated rings. The Morgan fingerprint density at radius 1 is 1.31 bits per heavy atom. The zero-order valence-electron chi connectivity index (χ0n) is 9.32. The summed E-state index contributed by atoms with van der Waals surface area (Å²) in [7, 11) is 0. The minimum Gasteiger partial charge on any atom is -0.385 e. The second kappa shape index (κ2) is 4.04. The standard InChI is InChI=1S/C13H17FN2/c14-13-7-11(5-6-15-13)16-8-12(9-1-2-9)10-3-4-10/h5-7,9-10,12H,1-4,8H2,(H,15,16). The Morgan fingerprint density at radius 3 is 2.56 bits per heavy atom. The van der Waals surface area contributed by atoms with Crippen LogP contribution >= 0.6 is 0 Å². The molecule has 0 atom stereocenters. The molecule has 0 bridgehead atoms. The van der Waals surface area contributed by atoms with Crippen LogP contribution in [0.4, 0.5) is 10.1 Å². The molecule has 0 unspecified atom stereocenters. The third-order valence-corrected chi connectivity index (χ3v) is 3.72. The molecule has 0 spiro atoms. The number of halogens is 1. The van der Waals surface area contributed by atoms with Gasteiger partial charge in [0, 0.05) is 24.5 Å². The van der Waals surface area contributed by atoms with Crippen molar-refractivity contribution in [2.24, 2.45) is 17.8 Å². The molecule has 1 aromatic heterocycles. The van der Waals surface area contributed by atoms with Gasteiger partial charge in [-0.1, -0.05) is 0 Å². The summed E-state index contributed by atoms with van der Waals surface area (Å²) >= 11 is 0. The first-order valence-electron chi connectivity index (χ1n) is 6.18. The van der Waals surface area contributed by atoms with E-state index in [2.05, 4.69) is 10.3 Å². The first kappa shape index (κ1) is 10.1. The van der Waals surface area contributed by atoms with Crippen molar-refractivity contribution >= 4 is 5.69 Å². The van der Waals surface area contributed by atoms with E-state index in [1.165, 1.54) is 37.9 Å². The molecule has 2 nitrogen and oxygen atoms in total. The van der Waals surface area contributed by atoms with E-state index in [0.717, 1.165) is 30.0 Å². The summed E-state index contributed by atoms with van der Waals surface area (Å²) in [5.41, 5.74) is 0.860. The van der Waals surface area contributed by atoms with Crippen LogP contribution in [-0.2, 0) is 0 Å². The maximum atomic E-state index is 12.9. The summed E-state index contributed by atoms with van der Waals surface area (Å²) in [4.78, 5) is 3.56. The molecule has 2 saturated carbocycles. The number of pyridine rings is 1. The van der Waals surface area contributed by atoms with Crippen LogP contribution in [0.25, 0.3) is 0 Å². The molecule has 16 heavy (non-hydrogen) atoms. The highest BCUT2D eigenvalue weighted by Crippen LogP contribution is 2.49. The van der Waals surface area contributed by atoms with Gasteiger partial charge in [-0.25, -0.2) is 4.98 Å². The van der Waals surface area contributed by atoms with E-state index >= 15 is 0 Å². The Balaban J connectivity index is 1.58. The van der Waals surface area contributed by atoms with Crippen LogP contribution in [0.3, 0.4) is 0 Å². The Hall–Kier alpha value is -1.12. The van der Waals surface area contributed by atoms with Crippen LogP contribution in [0.2, 0.25) is 0 Å². The van der Waals surface area contributed by atoms with Crippen LogP contribution in [0.5, 0.6) is 0 Å². The van der Waals surface area contributed by atoms with Gasteiger partial charge in [0.1, 0.15) is 0 Å². The molecule has 1 aromatic rings. The van der Waals surface area contributed by atoms with E-state index < -0.39 is 5.95 Å². The number of nitrogens with zero attached hydrogens (tertiary/aromatic N) is 1. The van der Waals surface area contributed by atoms with E-state index in [-0.39, 0.29) is 0 Å². The van der Waals surface area contributed by atoms with Gasteiger partial charge in [0.2, 0.25) is 5.95 Å². The number of nitrogens with one attached hydrogen (secondary N) is 1. The second-order valence-corrected chi connectivity index (χ2v) is 5.09. The predicted molar refractivity (Wildman–Crippen MR) is 61.6 cm³/mol. The normalized spacial score (nSPS) is 20.1. The molecule has 1 heterocycles. The molecule has 2 aliphatic rings. The van der Waals surface area contributed by atoms with E-state index in [1.807, 2.05) is 6.07 Å². The molecule has 0 saturated heterocycles. The topological polar surface area (TPSA) is 24.9 Å². The Morgan fingerprint density at radius 2 is 2.00 bits per heavy atom. The second-order valence-electron chi connectivity index (χ2n) is 5.09. The van der Waals surface area contributed by atoms with Crippen molar-refractivity contribution in [2.75, 3.05) is 11.9 Å². The first-order chi connectivity index (χ1) is 7.83. The van der Waals surface area contributed by atoms with Crippen molar-refractivity contribution < 1.29 is 4.39 Å². The van der Waals surface area contributed by atoms with Gasteiger partial charge in [-0.05, 0) is 49.5 Å². The van der Waals surface area contributed by atoms with Crippen LogP contribution in [0, 0.1) is 23.7 Å². The van der Waals surface area contributed by atoms with Gasteiger partial charge in [0.25, 0.3) is 0 Å². The van der Waals surface area contributed by atoms with E-state index in [4.69, 9.17) is 0 Å². The maximum absolute atomic E-state index is 12.9. The van der Waals surface area contributed by atoms with Crippen molar-refractivity contribution in [3.63, 3.8) is 0 Å². The molecule has 3 rings (SSSR count). The fourth-order valence-electron chi connectivity index (χ4n) is 2.52. The molecule has 3 heteroatoms. The lowest BCUT2D eigenvalue weighted by Crippen LogP contribution is -2.18. The van der Waals surface area contributed by atoms with Gasteiger partial charge in [0.05, 0.1) is 0 Å². The molecule has 0 amide bonds. The van der Waals surface area contributed by atoms with Crippen molar-refractivity contribution in [1.82, 2.24) is 4.98 Å². The summed E-state index contributed by atoms with van der Waals surface area (Å²) in [5, 5.41) is 3.35. The Labute approximate surface area is 95.3 Å². The quantitative estimate of drug-likeness (QED) is 0.771. The lowest BCUT2D eigenvalue weighted by molar-refractivity contribution is 0.428. The summed E-state index contributed by atoms with van der Waals surface area (Å²) in [5.74, 6) is 2.29. The minimum atomic E-state index is -0.403. The smallest absolute Gasteiger partial charge is 0.214 e. The Bertz CT molecular complexity index is 360. The van der Waals surface area contributed by atoms with E-state index in [1.54, 1.807) is 0 Å². The van der Waals surface area contributed by atoms with E-state index in [9.17, 15) is 4.39 Å². The largest absolute Gasteiger partial charge is 0.385 e. The van der Waals surface area contributed by atoms with Crippen molar-refractivity contribution in [1.29, 1.82) is 0 Å². The van der Waals surface area contributed by atoms with Crippen LogP contribution in [-0.4, -0.2) is 11.5 Å². The molecule has 1 N–H and O–H groups in total. The average molecular weight is 220 g/mol. The highest BCUT2D eigenvalue weighted by molar-refractivity contribution is 5.41. The lowest BCUT2D eigenvalue weighted by atomic mass is 9.98. The SMILES string of the molecule is Fc1cc(NCC(C2CC2)C2CC2)ccn1. The summed E-state index contributed by atoms with van der Waals surface area (Å²) in [6.45, 7) is 0.999. The van der Waals surface area contributed by atoms with Gasteiger partial charge in [-0.3, -0.25) is 0 Å². The zero-order chi connectivity index (χ0) is 11.0. The van der Waals surface area contributed by atoms with Crippen LogP contribution in [0.15, 0.2) is 18.3 Å². The molecule has 0 aliphatic heterocycles. The summed E-state index contributed by atoms with van der Waals surface area (Å²) in [6, 6.07) is 3.30. The minimum absolute atomic E-state index is 0.403. The monoisotopic (exact) mass is 220 g/mol. The highest BCUT2D eigenvalue weighted by atomic mass is 19.1. The molecular formula is C13H17FN2. The molecule has 0 radical (unpaired) electrons. The zero-order valence-corrected chi connectivity index (χ0v) is 9.32. The van der Waals surface area contributed by atoms with Gasteiger partial charge in [0.15, 0.2) is 0 Å². The van der Waals surface area contributed by atoms with Gasteiger partial charge in [-0.2, -0.15) is 4.39 Å². The highest BCUT2D eigenvalue weighted by Gasteiger charge is 2.40. The number of rotatable bonds is 5. The van der Waals surface area contributed by atoms with Crippen LogP contribution in [0.1, 0.15) is 25.7 Å². The number of anilines is 1. The molecule has 86 valence electrons. The van der Waals surface area contributed by atoms with Crippen LogP contribution < -0.4 is 5.32 Å².